The first kappa shape index (κ1) is 20.5. The van der Waals surface area contributed by atoms with Gasteiger partial charge in [0.2, 0.25) is 5.76 Å². The Morgan fingerprint density at radius 2 is 1.71 bits per heavy atom. The second-order valence-electron chi connectivity index (χ2n) is 8.07. The van der Waals surface area contributed by atoms with Crippen molar-refractivity contribution < 1.29 is 23.3 Å². The van der Waals surface area contributed by atoms with E-state index >= 15 is 0 Å². The molecule has 0 unspecified atom stereocenters. The van der Waals surface area contributed by atoms with Gasteiger partial charge in [0.25, 0.3) is 0 Å². The molecule has 1 fully saturated rings. The van der Waals surface area contributed by atoms with Gasteiger partial charge in [-0.2, -0.15) is 0 Å². The van der Waals surface area contributed by atoms with E-state index in [4.69, 9.17) is 13.7 Å². The van der Waals surface area contributed by atoms with Crippen molar-refractivity contribution in [3.63, 3.8) is 0 Å². The number of benzene rings is 1. The van der Waals surface area contributed by atoms with Gasteiger partial charge in [-0.25, -0.2) is 4.79 Å². The monoisotopic (exact) mass is 385 g/mol. The van der Waals surface area contributed by atoms with Gasteiger partial charge >= 0.3 is 13.1 Å². The van der Waals surface area contributed by atoms with Gasteiger partial charge in [-0.1, -0.05) is 12.1 Å². The molecule has 0 amide bonds. The summed E-state index contributed by atoms with van der Waals surface area (Å²) >= 11 is 0. The smallest absolute Gasteiger partial charge is 0.463 e. The fraction of sp³-hybridized carbons (Fsp3) is 0.476. The Labute approximate surface area is 166 Å². The van der Waals surface area contributed by atoms with Crippen LogP contribution < -0.4 is 10.8 Å². The predicted octanol–water partition coefficient (Wildman–Crippen LogP) is 3.33. The van der Waals surface area contributed by atoms with Crippen molar-refractivity contribution in [2.24, 2.45) is 0 Å². The van der Waals surface area contributed by atoms with Crippen molar-refractivity contribution in [3.05, 3.63) is 47.4 Å². The van der Waals surface area contributed by atoms with Gasteiger partial charge in [0.05, 0.1) is 18.3 Å². The van der Waals surface area contributed by atoms with Gasteiger partial charge in [0, 0.05) is 12.2 Å². The first-order chi connectivity index (χ1) is 13.1. The number of hydrogen-bond donors (Lipinski definition) is 1. The van der Waals surface area contributed by atoms with Gasteiger partial charge < -0.3 is 23.8 Å². The summed E-state index contributed by atoms with van der Waals surface area (Å²) in [7, 11) is 0.985. The van der Waals surface area contributed by atoms with Crippen molar-refractivity contribution >= 4 is 24.2 Å². The van der Waals surface area contributed by atoms with E-state index in [1.807, 2.05) is 58.9 Å². The number of aryl methyl sites for hydroxylation is 1. The second kappa shape index (κ2) is 7.64. The van der Waals surface area contributed by atoms with E-state index in [-0.39, 0.29) is 24.1 Å². The summed E-state index contributed by atoms with van der Waals surface area (Å²) in [4.78, 5) is 11.5. The average Bonchev–Trinajstić information content (AvgIpc) is 3.11. The SMILES string of the molecule is COC(=O)c1cc(CCNc2ccc(B3OC(C)(C)C(C)(C)O3)cc2)c(C)o1. The quantitative estimate of drug-likeness (QED) is 0.608. The Hall–Kier alpha value is -2.25. The molecule has 1 aromatic heterocycles. The molecule has 7 heteroatoms. The number of carbonyl (C=O) groups excluding carboxylic acids is 1. The molecule has 150 valence electrons. The summed E-state index contributed by atoms with van der Waals surface area (Å²) in [5, 5.41) is 3.38. The van der Waals surface area contributed by atoms with E-state index in [2.05, 4.69) is 10.1 Å². The third-order valence-corrected chi connectivity index (χ3v) is 5.57. The van der Waals surface area contributed by atoms with Crippen molar-refractivity contribution in [1.82, 2.24) is 0 Å². The van der Waals surface area contributed by atoms with E-state index < -0.39 is 5.97 Å². The van der Waals surface area contributed by atoms with Gasteiger partial charge in [-0.15, -0.1) is 0 Å². The van der Waals surface area contributed by atoms with Crippen LogP contribution in [0, 0.1) is 6.92 Å². The zero-order valence-electron chi connectivity index (χ0n) is 17.4. The van der Waals surface area contributed by atoms with Crippen LogP contribution in [0.15, 0.2) is 34.7 Å². The summed E-state index contributed by atoms with van der Waals surface area (Å²) < 4.78 is 22.3. The summed E-state index contributed by atoms with van der Waals surface area (Å²) in [5.41, 5.74) is 2.30. The summed E-state index contributed by atoms with van der Waals surface area (Å²) in [5.74, 6) is 0.515. The van der Waals surface area contributed by atoms with Crippen LogP contribution in [0.1, 0.15) is 49.6 Å². The van der Waals surface area contributed by atoms with Crippen LogP contribution in [0.5, 0.6) is 0 Å². The number of ether oxygens (including phenoxy) is 1. The van der Waals surface area contributed by atoms with Gasteiger partial charge in [0.15, 0.2) is 0 Å². The summed E-state index contributed by atoms with van der Waals surface area (Å²) in [6, 6.07) is 9.81. The Morgan fingerprint density at radius 3 is 2.29 bits per heavy atom. The minimum atomic E-state index is -0.458. The Kier molecular flexibility index (Phi) is 5.59. The molecule has 6 nitrogen and oxygen atoms in total. The van der Waals surface area contributed by atoms with E-state index in [1.54, 1.807) is 6.07 Å². The standard InChI is InChI=1S/C21H28BNO5/c1-14-15(13-18(26-14)19(24)25-6)11-12-23-17-9-7-16(8-10-17)22-27-20(2,3)21(4,5)28-22/h7-10,13,23H,11-12H2,1-6H3. The molecule has 28 heavy (non-hydrogen) atoms. The molecular weight excluding hydrogens is 357 g/mol. The summed E-state index contributed by atoms with van der Waals surface area (Å²) in [6.07, 6.45) is 0.741. The molecule has 0 atom stereocenters. The maximum Gasteiger partial charge on any atom is 0.494 e. The van der Waals surface area contributed by atoms with Gasteiger partial charge in [0.1, 0.15) is 5.76 Å². The molecule has 2 aromatic rings. The molecule has 2 heterocycles. The zero-order valence-corrected chi connectivity index (χ0v) is 17.4. The van der Waals surface area contributed by atoms with Crippen LogP contribution in [-0.2, 0) is 20.5 Å². The lowest BCUT2D eigenvalue weighted by Gasteiger charge is -2.32. The third-order valence-electron chi connectivity index (χ3n) is 5.57. The highest BCUT2D eigenvalue weighted by Crippen LogP contribution is 2.36. The highest BCUT2D eigenvalue weighted by molar-refractivity contribution is 6.62. The van der Waals surface area contributed by atoms with Crippen molar-refractivity contribution in [1.29, 1.82) is 0 Å². The first-order valence-electron chi connectivity index (χ1n) is 9.50. The van der Waals surface area contributed by atoms with Gasteiger partial charge in [-0.05, 0) is 70.3 Å². The van der Waals surface area contributed by atoms with E-state index in [1.165, 1.54) is 7.11 Å². The maximum absolute atomic E-state index is 11.5. The minimum absolute atomic E-state index is 0.238. The topological polar surface area (TPSA) is 69.9 Å². The van der Waals surface area contributed by atoms with E-state index in [0.717, 1.165) is 35.4 Å². The van der Waals surface area contributed by atoms with E-state index in [0.29, 0.717) is 0 Å². The van der Waals surface area contributed by atoms with Crippen LogP contribution in [0.25, 0.3) is 0 Å². The number of esters is 1. The number of anilines is 1. The number of furan rings is 1. The van der Waals surface area contributed by atoms with Crippen molar-refractivity contribution in [2.45, 2.75) is 52.2 Å². The molecule has 1 N–H and O–H groups in total. The molecule has 0 bridgehead atoms. The maximum atomic E-state index is 11.5. The number of hydrogen-bond acceptors (Lipinski definition) is 6. The lowest BCUT2D eigenvalue weighted by atomic mass is 9.79. The minimum Gasteiger partial charge on any atom is -0.463 e. The number of carbonyl (C=O) groups is 1. The zero-order chi connectivity index (χ0) is 20.5. The van der Waals surface area contributed by atoms with Crippen molar-refractivity contribution in [3.8, 4) is 0 Å². The largest absolute Gasteiger partial charge is 0.494 e. The lowest BCUT2D eigenvalue weighted by Crippen LogP contribution is -2.41. The van der Waals surface area contributed by atoms with Crippen LogP contribution >= 0.6 is 0 Å². The van der Waals surface area contributed by atoms with Crippen LogP contribution in [0.2, 0.25) is 0 Å². The normalized spacial score (nSPS) is 17.6. The molecule has 1 aliphatic rings. The fourth-order valence-corrected chi connectivity index (χ4v) is 3.05. The Bertz CT molecular complexity index is 825. The number of nitrogens with one attached hydrogen (secondary N) is 1. The van der Waals surface area contributed by atoms with Crippen LogP contribution in [-0.4, -0.2) is 37.9 Å². The molecule has 1 aliphatic heterocycles. The molecule has 3 rings (SSSR count). The highest BCUT2D eigenvalue weighted by Gasteiger charge is 2.51. The number of rotatable bonds is 6. The fourth-order valence-electron chi connectivity index (χ4n) is 3.05. The molecule has 1 aromatic carbocycles. The Morgan fingerprint density at radius 1 is 1.11 bits per heavy atom. The molecule has 0 aliphatic carbocycles. The molecule has 0 saturated carbocycles. The first-order valence-corrected chi connectivity index (χ1v) is 9.50. The number of methoxy groups -OCH3 is 1. The molecule has 0 radical (unpaired) electrons. The second-order valence-corrected chi connectivity index (χ2v) is 8.07. The molecular formula is C21H28BNO5. The molecule has 1 saturated heterocycles. The van der Waals surface area contributed by atoms with Crippen LogP contribution in [0.4, 0.5) is 5.69 Å². The lowest BCUT2D eigenvalue weighted by molar-refractivity contribution is 0.00578. The molecule has 0 spiro atoms. The van der Waals surface area contributed by atoms with Crippen LogP contribution in [0.3, 0.4) is 0 Å². The van der Waals surface area contributed by atoms with Gasteiger partial charge in [-0.3, -0.25) is 0 Å². The highest BCUT2D eigenvalue weighted by atomic mass is 16.7. The predicted molar refractivity (Wildman–Crippen MR) is 109 cm³/mol. The average molecular weight is 385 g/mol. The third kappa shape index (κ3) is 4.10. The van der Waals surface area contributed by atoms with E-state index in [9.17, 15) is 4.79 Å². The summed E-state index contributed by atoms with van der Waals surface area (Å²) in [6.45, 7) is 10.8. The Balaban J connectivity index is 1.56. The van der Waals surface area contributed by atoms with Crippen molar-refractivity contribution in [2.75, 3.05) is 19.0 Å².